The maximum Gasteiger partial charge on any atom is 0.303 e. The number of carbonyl (C=O) groups excluding carboxylic acids is 2. The number of aliphatic carboxylic acids is 1. The Morgan fingerprint density at radius 2 is 1.68 bits per heavy atom. The van der Waals surface area contributed by atoms with E-state index in [0.29, 0.717) is 34.6 Å². The number of hydrogen-bond donors (Lipinski definition) is 2. The molecule has 1 aliphatic rings. The number of benzene rings is 3. The van der Waals surface area contributed by atoms with Gasteiger partial charge in [0.1, 0.15) is 18.3 Å². The van der Waals surface area contributed by atoms with E-state index in [-0.39, 0.29) is 24.6 Å². The van der Waals surface area contributed by atoms with Crippen LogP contribution in [-0.4, -0.2) is 68.8 Å². The first-order chi connectivity index (χ1) is 19.3. The number of fused-ring (bicyclic) bond motifs is 1. The monoisotopic (exact) mass is 580 g/mol. The second-order valence-electron chi connectivity index (χ2n) is 9.82. The van der Waals surface area contributed by atoms with Crippen molar-refractivity contribution in [3.63, 3.8) is 0 Å². The zero-order valence-electron chi connectivity index (χ0n) is 22.7. The van der Waals surface area contributed by atoms with Crippen LogP contribution in [0.3, 0.4) is 0 Å². The largest absolute Gasteiger partial charge is 0.481 e. The number of nitrogens with one attached hydrogen (secondary N) is 1. The molecule has 0 bridgehead atoms. The molecule has 3 aromatic carbocycles. The molecule has 12 heteroatoms. The minimum absolute atomic E-state index is 0.0265. The molecule has 0 aromatic heterocycles. The van der Waals surface area contributed by atoms with Gasteiger partial charge in [-0.15, -0.1) is 0 Å². The fourth-order valence-corrected chi connectivity index (χ4v) is 5.24. The maximum absolute atomic E-state index is 13.9. The lowest BCUT2D eigenvalue weighted by molar-refractivity contribution is -0.137. The second-order valence-corrected chi connectivity index (χ2v) is 11.7. The Bertz CT molecular complexity index is 1620. The predicted octanol–water partition coefficient (Wildman–Crippen LogP) is 3.55. The number of amides is 2. The molecule has 1 aliphatic heterocycles. The van der Waals surface area contributed by atoms with E-state index in [4.69, 9.17) is 10.1 Å². The van der Waals surface area contributed by atoms with Gasteiger partial charge in [-0.3, -0.25) is 23.7 Å². The van der Waals surface area contributed by atoms with Crippen molar-refractivity contribution in [1.82, 2.24) is 4.90 Å². The van der Waals surface area contributed by atoms with Crippen LogP contribution < -0.4 is 9.62 Å². The van der Waals surface area contributed by atoms with Crippen molar-refractivity contribution in [2.75, 3.05) is 36.5 Å². The van der Waals surface area contributed by atoms with Crippen LogP contribution >= 0.6 is 0 Å². The summed E-state index contributed by atoms with van der Waals surface area (Å²) in [5.41, 5.74) is 3.34. The van der Waals surface area contributed by atoms with E-state index >= 15 is 0 Å². The summed E-state index contributed by atoms with van der Waals surface area (Å²) in [5.74, 6) is -3.05. The SMILES string of the molecule is CN(C)C(=O)CN(c1ccc(N=C(c2ccc(CCC(=O)O)cc2)C2C(=O)Nc3cc(F)ccc32)cc1)S(C)(=O)=O. The van der Waals surface area contributed by atoms with Gasteiger partial charge in [0.05, 0.1) is 23.3 Å². The van der Waals surface area contributed by atoms with Crippen LogP contribution in [0.4, 0.5) is 21.5 Å². The summed E-state index contributed by atoms with van der Waals surface area (Å²) in [4.78, 5) is 42.4. The van der Waals surface area contributed by atoms with E-state index in [1.165, 1.54) is 49.3 Å². The molecule has 1 heterocycles. The molecule has 4 rings (SSSR count). The Morgan fingerprint density at radius 3 is 2.27 bits per heavy atom. The smallest absolute Gasteiger partial charge is 0.303 e. The lowest BCUT2D eigenvalue weighted by Crippen LogP contribution is -2.39. The van der Waals surface area contributed by atoms with Crippen molar-refractivity contribution in [1.29, 1.82) is 0 Å². The number of rotatable bonds is 10. The summed E-state index contributed by atoms with van der Waals surface area (Å²) in [6, 6.07) is 17.3. The molecule has 41 heavy (non-hydrogen) atoms. The summed E-state index contributed by atoms with van der Waals surface area (Å²) in [6.45, 7) is -0.372. The number of hydrogen-bond acceptors (Lipinski definition) is 6. The number of carboxylic acids is 1. The summed E-state index contributed by atoms with van der Waals surface area (Å²) >= 11 is 0. The number of aliphatic imine (C=N–C) groups is 1. The Hall–Kier alpha value is -4.58. The van der Waals surface area contributed by atoms with Crippen LogP contribution in [-0.2, 0) is 30.8 Å². The molecule has 0 spiro atoms. The van der Waals surface area contributed by atoms with Crippen LogP contribution in [0, 0.1) is 5.82 Å². The van der Waals surface area contributed by atoms with Crippen LogP contribution in [0.2, 0.25) is 0 Å². The highest BCUT2D eigenvalue weighted by Crippen LogP contribution is 2.37. The van der Waals surface area contributed by atoms with Crippen LogP contribution in [0.5, 0.6) is 0 Å². The zero-order chi connectivity index (χ0) is 29.9. The van der Waals surface area contributed by atoms with E-state index in [1.54, 1.807) is 36.4 Å². The third kappa shape index (κ3) is 6.95. The van der Waals surface area contributed by atoms with Crippen molar-refractivity contribution in [2.45, 2.75) is 18.8 Å². The van der Waals surface area contributed by atoms with Crippen LogP contribution in [0.1, 0.15) is 29.0 Å². The van der Waals surface area contributed by atoms with E-state index in [9.17, 15) is 27.2 Å². The average Bonchev–Trinajstić information content (AvgIpc) is 3.23. The van der Waals surface area contributed by atoms with Gasteiger partial charge in [0.25, 0.3) is 0 Å². The molecule has 214 valence electrons. The van der Waals surface area contributed by atoms with E-state index in [0.717, 1.165) is 16.1 Å². The Morgan fingerprint density at radius 1 is 1.02 bits per heavy atom. The first-order valence-electron chi connectivity index (χ1n) is 12.6. The number of halogens is 1. The van der Waals surface area contributed by atoms with Gasteiger partial charge in [0.15, 0.2) is 0 Å². The predicted molar refractivity (Wildman–Crippen MR) is 154 cm³/mol. The van der Waals surface area contributed by atoms with E-state index in [2.05, 4.69) is 5.32 Å². The van der Waals surface area contributed by atoms with Gasteiger partial charge < -0.3 is 15.3 Å². The molecule has 2 N–H and O–H groups in total. The average molecular weight is 581 g/mol. The van der Waals surface area contributed by atoms with Crippen LogP contribution in [0.15, 0.2) is 71.7 Å². The van der Waals surface area contributed by atoms with Gasteiger partial charge in [0, 0.05) is 26.2 Å². The number of aryl methyl sites for hydroxylation is 1. The highest BCUT2D eigenvalue weighted by Gasteiger charge is 2.35. The number of nitrogens with zero attached hydrogens (tertiary/aromatic N) is 3. The molecule has 0 fully saturated rings. The standard InChI is InChI=1S/C29H29FN4O6S/c1-33(2)25(35)17-34(41(3,39)40)22-12-10-21(11-13-22)31-28(19-7-4-18(5-8-19)6-15-26(36)37)27-23-14-9-20(30)16-24(23)32-29(27)38/h4-5,7-14,16,27H,6,15,17H2,1-3H3,(H,32,38)(H,36,37). The Balaban J connectivity index is 1.75. The van der Waals surface area contributed by atoms with Gasteiger partial charge in [0.2, 0.25) is 21.8 Å². The lowest BCUT2D eigenvalue weighted by Gasteiger charge is -2.23. The summed E-state index contributed by atoms with van der Waals surface area (Å²) in [6.07, 6.45) is 1.32. The number of sulfonamides is 1. The Kier molecular flexibility index (Phi) is 8.52. The normalized spacial score (nSPS) is 14.8. The quantitative estimate of drug-likeness (QED) is 0.352. The molecule has 10 nitrogen and oxygen atoms in total. The minimum Gasteiger partial charge on any atom is -0.481 e. The van der Waals surface area contributed by atoms with Gasteiger partial charge in [-0.2, -0.15) is 0 Å². The number of likely N-dealkylation sites (N-methyl/N-ethyl adjacent to an activating group) is 1. The minimum atomic E-state index is -3.77. The maximum atomic E-state index is 13.9. The first kappa shape index (κ1) is 29.4. The zero-order valence-corrected chi connectivity index (χ0v) is 23.5. The fourth-order valence-electron chi connectivity index (χ4n) is 4.39. The molecule has 2 amide bonds. The van der Waals surface area contributed by atoms with Crippen LogP contribution in [0.25, 0.3) is 0 Å². The van der Waals surface area contributed by atoms with Crippen molar-refractivity contribution < 1.29 is 32.3 Å². The molecular formula is C29H29FN4O6S. The highest BCUT2D eigenvalue weighted by atomic mass is 32.2. The molecule has 1 unspecified atom stereocenters. The van der Waals surface area contributed by atoms with Gasteiger partial charge >= 0.3 is 5.97 Å². The number of anilines is 2. The summed E-state index contributed by atoms with van der Waals surface area (Å²) < 4.78 is 39.7. The second kappa shape index (κ2) is 11.9. The van der Waals surface area contributed by atoms with Crippen molar-refractivity contribution in [3.8, 4) is 0 Å². The molecule has 0 saturated heterocycles. The third-order valence-corrected chi connectivity index (χ3v) is 7.70. The fraction of sp³-hybridized carbons (Fsp3) is 0.241. The molecule has 3 aromatic rings. The molecular weight excluding hydrogens is 551 g/mol. The molecule has 0 aliphatic carbocycles. The van der Waals surface area contributed by atoms with Gasteiger partial charge in [-0.05, 0) is 59.5 Å². The van der Waals surface area contributed by atoms with E-state index in [1.807, 2.05) is 0 Å². The van der Waals surface area contributed by atoms with Gasteiger partial charge in [-0.25, -0.2) is 12.8 Å². The topological polar surface area (TPSA) is 136 Å². The van der Waals surface area contributed by atoms with Gasteiger partial charge in [-0.1, -0.05) is 30.3 Å². The summed E-state index contributed by atoms with van der Waals surface area (Å²) in [7, 11) is -0.699. The van der Waals surface area contributed by atoms with Crippen molar-refractivity contribution >= 4 is 50.6 Å². The lowest BCUT2D eigenvalue weighted by atomic mass is 9.90. The Labute approximate surface area is 237 Å². The summed E-state index contributed by atoms with van der Waals surface area (Å²) in [5, 5.41) is 11.7. The third-order valence-electron chi connectivity index (χ3n) is 6.56. The van der Waals surface area contributed by atoms with Crippen molar-refractivity contribution in [2.24, 2.45) is 4.99 Å². The molecule has 0 radical (unpaired) electrons. The van der Waals surface area contributed by atoms with Crippen molar-refractivity contribution in [3.05, 3.63) is 89.2 Å². The number of carboxylic acid groups (broad SMARTS) is 1. The number of carbonyl (C=O) groups is 3. The molecule has 0 saturated carbocycles. The van der Waals surface area contributed by atoms with E-state index < -0.39 is 33.6 Å². The molecule has 1 atom stereocenters. The first-order valence-corrected chi connectivity index (χ1v) is 14.5. The highest BCUT2D eigenvalue weighted by molar-refractivity contribution is 7.92.